The number of amides is 3. The molecule has 2 heterocycles. The second-order valence-corrected chi connectivity index (χ2v) is 7.16. The van der Waals surface area contributed by atoms with Crippen LogP contribution in [-0.4, -0.2) is 45.8 Å². The molecular formula is C20H24N2O6. The molecule has 1 saturated heterocycles. The molecule has 0 aromatic heterocycles. The first-order chi connectivity index (χ1) is 13.4. The van der Waals surface area contributed by atoms with Crippen LogP contribution in [0.4, 0.5) is 0 Å². The molecule has 2 N–H and O–H groups in total. The molecule has 150 valence electrons. The number of rotatable bonds is 8. The number of carboxylic acid groups (broad SMARTS) is 1. The van der Waals surface area contributed by atoms with Crippen molar-refractivity contribution in [2.24, 2.45) is 0 Å². The first-order valence-corrected chi connectivity index (χ1v) is 9.55. The third kappa shape index (κ3) is 4.16. The van der Waals surface area contributed by atoms with Crippen LogP contribution in [0.3, 0.4) is 0 Å². The second kappa shape index (κ2) is 8.41. The normalized spacial score (nSPS) is 20.0. The fourth-order valence-corrected chi connectivity index (χ4v) is 3.68. The third-order valence-electron chi connectivity index (χ3n) is 5.11. The number of nitrogens with one attached hydrogen (secondary N) is 1. The maximum absolute atomic E-state index is 12.8. The molecule has 2 aliphatic rings. The minimum absolute atomic E-state index is 0.117. The fraction of sp³-hybridized carbons (Fsp3) is 0.500. The van der Waals surface area contributed by atoms with E-state index in [4.69, 9.17) is 9.84 Å². The zero-order valence-electron chi connectivity index (χ0n) is 15.8. The molecule has 1 aromatic rings. The van der Waals surface area contributed by atoms with E-state index in [0.29, 0.717) is 29.7 Å². The van der Waals surface area contributed by atoms with Gasteiger partial charge in [0, 0.05) is 17.5 Å². The lowest BCUT2D eigenvalue weighted by Crippen LogP contribution is -2.52. The van der Waals surface area contributed by atoms with E-state index < -0.39 is 24.0 Å². The number of imide groups is 1. The molecule has 0 bridgehead atoms. The SMILES string of the molecule is CCCCC(CC(=O)O)Oc1cccc2c1CN(C1CCC(=O)NC1=O)C2=O. The van der Waals surface area contributed by atoms with Crippen LogP contribution in [0, 0.1) is 0 Å². The van der Waals surface area contributed by atoms with E-state index in [9.17, 15) is 19.2 Å². The Kier molecular flexibility index (Phi) is 5.96. The number of aliphatic carboxylic acids is 1. The largest absolute Gasteiger partial charge is 0.489 e. The average molecular weight is 388 g/mol. The quantitative estimate of drug-likeness (QED) is 0.657. The molecule has 2 unspecified atom stereocenters. The number of carbonyl (C=O) groups excluding carboxylic acids is 3. The summed E-state index contributed by atoms with van der Waals surface area (Å²) in [7, 11) is 0. The number of carboxylic acids is 1. The summed E-state index contributed by atoms with van der Waals surface area (Å²) in [6.45, 7) is 2.22. The monoisotopic (exact) mass is 388 g/mol. The Morgan fingerprint density at radius 2 is 2.14 bits per heavy atom. The van der Waals surface area contributed by atoms with E-state index in [1.165, 1.54) is 4.90 Å². The van der Waals surface area contributed by atoms with Crippen molar-refractivity contribution in [3.63, 3.8) is 0 Å². The average Bonchev–Trinajstić information content (AvgIpc) is 2.97. The van der Waals surface area contributed by atoms with Crippen molar-refractivity contribution in [2.45, 2.75) is 64.1 Å². The maximum Gasteiger partial charge on any atom is 0.307 e. The third-order valence-corrected chi connectivity index (χ3v) is 5.11. The molecule has 3 amide bonds. The summed E-state index contributed by atoms with van der Waals surface area (Å²) in [5.74, 6) is -1.54. The van der Waals surface area contributed by atoms with Gasteiger partial charge in [-0.2, -0.15) is 0 Å². The smallest absolute Gasteiger partial charge is 0.307 e. The molecule has 0 aliphatic carbocycles. The van der Waals surface area contributed by atoms with Crippen molar-refractivity contribution < 1.29 is 29.0 Å². The van der Waals surface area contributed by atoms with Crippen molar-refractivity contribution in [1.82, 2.24) is 10.2 Å². The Morgan fingerprint density at radius 1 is 1.36 bits per heavy atom. The van der Waals surface area contributed by atoms with Gasteiger partial charge in [0.15, 0.2) is 0 Å². The summed E-state index contributed by atoms with van der Waals surface area (Å²) in [5, 5.41) is 11.4. The zero-order chi connectivity index (χ0) is 20.3. The number of nitrogens with zero attached hydrogens (tertiary/aromatic N) is 1. The van der Waals surface area contributed by atoms with Gasteiger partial charge in [0.25, 0.3) is 5.91 Å². The molecule has 2 atom stereocenters. The first kappa shape index (κ1) is 19.9. The fourth-order valence-electron chi connectivity index (χ4n) is 3.68. The Morgan fingerprint density at radius 3 is 2.82 bits per heavy atom. The molecule has 28 heavy (non-hydrogen) atoms. The van der Waals surface area contributed by atoms with Crippen LogP contribution < -0.4 is 10.1 Å². The van der Waals surface area contributed by atoms with Gasteiger partial charge in [-0.1, -0.05) is 25.8 Å². The van der Waals surface area contributed by atoms with Gasteiger partial charge in [-0.25, -0.2) is 0 Å². The van der Waals surface area contributed by atoms with E-state index in [1.54, 1.807) is 18.2 Å². The van der Waals surface area contributed by atoms with Crippen LogP contribution >= 0.6 is 0 Å². The first-order valence-electron chi connectivity index (χ1n) is 9.55. The summed E-state index contributed by atoms with van der Waals surface area (Å²) < 4.78 is 5.98. The summed E-state index contributed by atoms with van der Waals surface area (Å²) in [4.78, 5) is 49.0. The highest BCUT2D eigenvalue weighted by atomic mass is 16.5. The minimum atomic E-state index is -0.935. The van der Waals surface area contributed by atoms with Crippen LogP contribution in [0.1, 0.15) is 61.4 Å². The number of hydrogen-bond acceptors (Lipinski definition) is 5. The Hall–Kier alpha value is -2.90. The highest BCUT2D eigenvalue weighted by Crippen LogP contribution is 2.34. The zero-order valence-corrected chi connectivity index (χ0v) is 15.8. The highest BCUT2D eigenvalue weighted by Gasteiger charge is 2.40. The molecule has 8 heteroatoms. The predicted molar refractivity (Wildman–Crippen MR) is 98.7 cm³/mol. The summed E-state index contributed by atoms with van der Waals surface area (Å²) in [6.07, 6.45) is 2.26. The van der Waals surface area contributed by atoms with Gasteiger partial charge in [-0.3, -0.25) is 24.5 Å². The van der Waals surface area contributed by atoms with E-state index in [2.05, 4.69) is 5.32 Å². The number of hydrogen-bond donors (Lipinski definition) is 2. The lowest BCUT2D eigenvalue weighted by atomic mass is 10.0. The highest BCUT2D eigenvalue weighted by molar-refractivity contribution is 6.05. The summed E-state index contributed by atoms with van der Waals surface area (Å²) in [6, 6.07) is 4.40. The van der Waals surface area contributed by atoms with Gasteiger partial charge < -0.3 is 14.7 Å². The van der Waals surface area contributed by atoms with Crippen molar-refractivity contribution in [2.75, 3.05) is 0 Å². The number of unbranched alkanes of at least 4 members (excludes halogenated alkanes) is 1. The van der Waals surface area contributed by atoms with Gasteiger partial charge in [0.2, 0.25) is 11.8 Å². The van der Waals surface area contributed by atoms with Gasteiger partial charge in [0.1, 0.15) is 17.9 Å². The number of fused-ring (bicyclic) bond motifs is 1. The summed E-state index contributed by atoms with van der Waals surface area (Å²) in [5.41, 5.74) is 1.11. The molecular weight excluding hydrogens is 364 g/mol. The molecule has 1 aromatic carbocycles. The molecule has 1 fully saturated rings. The molecule has 0 spiro atoms. The van der Waals surface area contributed by atoms with Crippen LogP contribution in [0.15, 0.2) is 18.2 Å². The van der Waals surface area contributed by atoms with Crippen molar-refractivity contribution in [3.8, 4) is 5.75 Å². The van der Waals surface area contributed by atoms with Gasteiger partial charge in [-0.05, 0) is 25.0 Å². The standard InChI is InChI=1S/C20H24N2O6/c1-2-3-5-12(10-18(24)25)28-16-7-4-6-13-14(16)11-22(20(13)27)15-8-9-17(23)21-19(15)26/h4,6-7,12,15H,2-3,5,8-11H2,1H3,(H,24,25)(H,21,23,26). The van der Waals surface area contributed by atoms with E-state index >= 15 is 0 Å². The van der Waals surface area contributed by atoms with Crippen LogP contribution in [-0.2, 0) is 20.9 Å². The summed E-state index contributed by atoms with van der Waals surface area (Å²) >= 11 is 0. The number of ether oxygens (including phenoxy) is 1. The van der Waals surface area contributed by atoms with Gasteiger partial charge >= 0.3 is 5.97 Å². The van der Waals surface area contributed by atoms with Crippen molar-refractivity contribution in [3.05, 3.63) is 29.3 Å². The Bertz CT molecular complexity index is 806. The molecule has 0 saturated carbocycles. The van der Waals surface area contributed by atoms with E-state index in [1.807, 2.05) is 6.92 Å². The Labute approximate surface area is 162 Å². The lowest BCUT2D eigenvalue weighted by Gasteiger charge is -2.29. The minimum Gasteiger partial charge on any atom is -0.489 e. The maximum atomic E-state index is 12.8. The van der Waals surface area contributed by atoms with Crippen molar-refractivity contribution in [1.29, 1.82) is 0 Å². The molecule has 8 nitrogen and oxygen atoms in total. The number of piperidine rings is 1. The second-order valence-electron chi connectivity index (χ2n) is 7.16. The van der Waals surface area contributed by atoms with E-state index in [-0.39, 0.29) is 31.2 Å². The topological polar surface area (TPSA) is 113 Å². The number of benzene rings is 1. The van der Waals surface area contributed by atoms with Gasteiger partial charge in [0.05, 0.1) is 13.0 Å². The number of carbonyl (C=O) groups is 4. The van der Waals surface area contributed by atoms with Crippen LogP contribution in [0.5, 0.6) is 5.75 Å². The molecule has 2 aliphatic heterocycles. The predicted octanol–water partition coefficient (Wildman–Crippen LogP) is 1.86. The van der Waals surface area contributed by atoms with Crippen molar-refractivity contribution >= 4 is 23.7 Å². The van der Waals surface area contributed by atoms with E-state index in [0.717, 1.165) is 12.8 Å². The molecule has 3 rings (SSSR count). The van der Waals surface area contributed by atoms with Crippen LogP contribution in [0.2, 0.25) is 0 Å². The van der Waals surface area contributed by atoms with Gasteiger partial charge in [-0.15, -0.1) is 0 Å². The molecule has 0 radical (unpaired) electrons. The Balaban J connectivity index is 1.80. The van der Waals surface area contributed by atoms with Crippen LogP contribution in [0.25, 0.3) is 0 Å². The lowest BCUT2D eigenvalue weighted by molar-refractivity contribution is -0.139.